The highest BCUT2D eigenvalue weighted by Gasteiger charge is 2.30. The van der Waals surface area contributed by atoms with Crippen molar-refractivity contribution in [2.24, 2.45) is 0 Å². The minimum atomic E-state index is -4.36. The van der Waals surface area contributed by atoms with Crippen molar-refractivity contribution in [2.45, 2.75) is 32.7 Å². The third-order valence-electron chi connectivity index (χ3n) is 3.76. The number of halogens is 3. The largest absolute Gasteiger partial charge is 0.481 e. The Morgan fingerprint density at radius 1 is 1.08 bits per heavy atom. The highest BCUT2D eigenvalue weighted by molar-refractivity contribution is 5.80. The summed E-state index contributed by atoms with van der Waals surface area (Å²) >= 11 is 0. The number of likely N-dealkylation sites (N-methyl/N-ethyl adjacent to an activating group) is 1. The van der Waals surface area contributed by atoms with Crippen LogP contribution in [-0.2, 0) is 17.5 Å². The number of carbonyl (C=O) groups excluding carboxylic acids is 1. The number of aryl methyl sites for hydroxylation is 1. The fourth-order valence-electron chi connectivity index (χ4n) is 2.33. The number of rotatable bonds is 5. The van der Waals surface area contributed by atoms with Gasteiger partial charge in [0.2, 0.25) is 0 Å². The van der Waals surface area contributed by atoms with Gasteiger partial charge in [-0.05, 0) is 43.7 Å². The summed E-state index contributed by atoms with van der Waals surface area (Å²) in [5.41, 5.74) is 0.999. The molecular formula is C19H20F3NO2. The normalized spacial score (nSPS) is 12.6. The van der Waals surface area contributed by atoms with Crippen LogP contribution in [-0.4, -0.2) is 24.0 Å². The molecule has 2 rings (SSSR count). The number of benzene rings is 2. The maximum absolute atomic E-state index is 12.6. The van der Waals surface area contributed by atoms with Crippen molar-refractivity contribution in [3.63, 3.8) is 0 Å². The van der Waals surface area contributed by atoms with Crippen molar-refractivity contribution in [3.8, 4) is 5.75 Å². The molecular weight excluding hydrogens is 331 g/mol. The van der Waals surface area contributed by atoms with Crippen LogP contribution in [0.15, 0.2) is 48.5 Å². The molecule has 0 heterocycles. The lowest BCUT2D eigenvalue weighted by molar-refractivity contribution is -0.138. The SMILES string of the molecule is Cc1ccc(OC(C)C(=O)N(C)Cc2ccc(C(F)(F)F)cc2)cc1. The van der Waals surface area contributed by atoms with Crippen molar-refractivity contribution >= 4 is 5.91 Å². The molecule has 1 unspecified atom stereocenters. The molecule has 0 saturated carbocycles. The van der Waals surface area contributed by atoms with Crippen LogP contribution in [0.5, 0.6) is 5.75 Å². The zero-order chi connectivity index (χ0) is 18.6. The van der Waals surface area contributed by atoms with E-state index in [2.05, 4.69) is 0 Å². The number of hydrogen-bond acceptors (Lipinski definition) is 2. The van der Waals surface area contributed by atoms with Crippen molar-refractivity contribution in [3.05, 3.63) is 65.2 Å². The van der Waals surface area contributed by atoms with Gasteiger partial charge in [-0.25, -0.2) is 0 Å². The third kappa shape index (κ3) is 5.24. The van der Waals surface area contributed by atoms with E-state index in [1.165, 1.54) is 17.0 Å². The second-order valence-corrected chi connectivity index (χ2v) is 5.96. The van der Waals surface area contributed by atoms with E-state index in [1.54, 1.807) is 26.1 Å². The molecule has 2 aromatic carbocycles. The van der Waals surface area contributed by atoms with Crippen LogP contribution in [0.4, 0.5) is 13.2 Å². The highest BCUT2D eigenvalue weighted by atomic mass is 19.4. The number of carbonyl (C=O) groups is 1. The average molecular weight is 351 g/mol. The fourth-order valence-corrected chi connectivity index (χ4v) is 2.33. The fraction of sp³-hybridized carbons (Fsp3) is 0.316. The number of amides is 1. The molecule has 3 nitrogen and oxygen atoms in total. The van der Waals surface area contributed by atoms with Gasteiger partial charge >= 0.3 is 6.18 Å². The number of nitrogens with zero attached hydrogens (tertiary/aromatic N) is 1. The standard InChI is InChI=1S/C19H20F3NO2/c1-13-4-10-17(11-5-13)25-14(2)18(24)23(3)12-15-6-8-16(9-7-15)19(20,21)22/h4-11,14H,12H2,1-3H3. The Kier molecular flexibility index (Phi) is 5.72. The molecule has 1 atom stereocenters. The van der Waals surface area contributed by atoms with Crippen molar-refractivity contribution in [1.82, 2.24) is 4.90 Å². The topological polar surface area (TPSA) is 29.5 Å². The Hall–Kier alpha value is -2.50. The van der Waals surface area contributed by atoms with Crippen LogP contribution < -0.4 is 4.74 Å². The first-order chi connectivity index (χ1) is 11.7. The summed E-state index contributed by atoms with van der Waals surface area (Å²) in [5.74, 6) is 0.342. The second-order valence-electron chi connectivity index (χ2n) is 5.96. The second kappa shape index (κ2) is 7.59. The molecule has 0 spiro atoms. The van der Waals surface area contributed by atoms with Gasteiger partial charge in [-0.1, -0.05) is 29.8 Å². The molecule has 0 aromatic heterocycles. The Balaban J connectivity index is 1.96. The third-order valence-corrected chi connectivity index (χ3v) is 3.76. The predicted molar refractivity (Wildman–Crippen MR) is 89.2 cm³/mol. The molecule has 2 aromatic rings. The first kappa shape index (κ1) is 18.8. The molecule has 0 aliphatic carbocycles. The molecule has 0 saturated heterocycles. The van der Waals surface area contributed by atoms with Crippen LogP contribution in [0.25, 0.3) is 0 Å². The maximum Gasteiger partial charge on any atom is 0.416 e. The van der Waals surface area contributed by atoms with E-state index in [9.17, 15) is 18.0 Å². The summed E-state index contributed by atoms with van der Waals surface area (Å²) < 4.78 is 43.3. The van der Waals surface area contributed by atoms with Gasteiger partial charge in [-0.15, -0.1) is 0 Å². The first-order valence-electron chi connectivity index (χ1n) is 7.81. The van der Waals surface area contributed by atoms with E-state index in [0.29, 0.717) is 11.3 Å². The van der Waals surface area contributed by atoms with Crippen LogP contribution in [0.2, 0.25) is 0 Å². The van der Waals surface area contributed by atoms with Gasteiger partial charge in [0.15, 0.2) is 6.10 Å². The molecule has 0 N–H and O–H groups in total. The Bertz CT molecular complexity index is 709. The average Bonchev–Trinajstić information content (AvgIpc) is 2.55. The molecule has 0 fully saturated rings. The minimum Gasteiger partial charge on any atom is -0.481 e. The van der Waals surface area contributed by atoms with E-state index in [4.69, 9.17) is 4.74 Å². The summed E-state index contributed by atoms with van der Waals surface area (Å²) in [5, 5.41) is 0. The molecule has 1 amide bonds. The molecule has 134 valence electrons. The van der Waals surface area contributed by atoms with Crippen molar-refractivity contribution in [2.75, 3.05) is 7.05 Å². The van der Waals surface area contributed by atoms with Crippen LogP contribution in [0.3, 0.4) is 0 Å². The smallest absolute Gasteiger partial charge is 0.416 e. The molecule has 0 radical (unpaired) electrons. The quantitative estimate of drug-likeness (QED) is 0.797. The zero-order valence-corrected chi connectivity index (χ0v) is 14.3. The zero-order valence-electron chi connectivity index (χ0n) is 14.3. The molecule has 25 heavy (non-hydrogen) atoms. The van der Waals surface area contributed by atoms with Gasteiger partial charge in [0.25, 0.3) is 5.91 Å². The monoisotopic (exact) mass is 351 g/mol. The van der Waals surface area contributed by atoms with E-state index in [1.807, 2.05) is 19.1 Å². The lowest BCUT2D eigenvalue weighted by atomic mass is 10.1. The van der Waals surface area contributed by atoms with Crippen LogP contribution in [0.1, 0.15) is 23.6 Å². The van der Waals surface area contributed by atoms with Gasteiger partial charge in [-0.2, -0.15) is 13.2 Å². The Morgan fingerprint density at radius 3 is 2.16 bits per heavy atom. The molecule has 0 aliphatic heterocycles. The van der Waals surface area contributed by atoms with Crippen LogP contribution >= 0.6 is 0 Å². The lowest BCUT2D eigenvalue weighted by Gasteiger charge is -2.22. The first-order valence-corrected chi connectivity index (χ1v) is 7.81. The molecule has 0 bridgehead atoms. The number of ether oxygens (including phenoxy) is 1. The minimum absolute atomic E-state index is 0.207. The van der Waals surface area contributed by atoms with E-state index < -0.39 is 17.8 Å². The van der Waals surface area contributed by atoms with Gasteiger partial charge in [0, 0.05) is 13.6 Å². The van der Waals surface area contributed by atoms with Crippen molar-refractivity contribution in [1.29, 1.82) is 0 Å². The summed E-state index contributed by atoms with van der Waals surface area (Å²) in [6.45, 7) is 3.81. The lowest BCUT2D eigenvalue weighted by Crippen LogP contribution is -2.37. The Labute approximate surface area is 145 Å². The summed E-state index contributed by atoms with van der Waals surface area (Å²) in [4.78, 5) is 13.8. The van der Waals surface area contributed by atoms with Gasteiger partial charge in [-0.3, -0.25) is 4.79 Å². The maximum atomic E-state index is 12.6. The van der Waals surface area contributed by atoms with Gasteiger partial charge in [0.05, 0.1) is 5.56 Å². The van der Waals surface area contributed by atoms with Crippen LogP contribution in [0, 0.1) is 6.92 Å². The highest BCUT2D eigenvalue weighted by Crippen LogP contribution is 2.29. The van der Waals surface area contributed by atoms with E-state index in [0.717, 1.165) is 17.7 Å². The number of hydrogen-bond donors (Lipinski definition) is 0. The Morgan fingerprint density at radius 2 is 1.64 bits per heavy atom. The molecule has 0 aliphatic rings. The van der Waals surface area contributed by atoms with Gasteiger partial charge < -0.3 is 9.64 Å². The summed E-state index contributed by atoms with van der Waals surface area (Å²) in [7, 11) is 1.59. The van der Waals surface area contributed by atoms with E-state index >= 15 is 0 Å². The number of alkyl halides is 3. The summed E-state index contributed by atoms with van der Waals surface area (Å²) in [6.07, 6.45) is -5.06. The van der Waals surface area contributed by atoms with E-state index in [-0.39, 0.29) is 12.5 Å². The predicted octanol–water partition coefficient (Wildman–Crippen LogP) is 4.44. The summed E-state index contributed by atoms with van der Waals surface area (Å²) in [6, 6.07) is 12.1. The van der Waals surface area contributed by atoms with Gasteiger partial charge in [0.1, 0.15) is 5.75 Å². The van der Waals surface area contributed by atoms with Crippen molar-refractivity contribution < 1.29 is 22.7 Å². The molecule has 6 heteroatoms.